The van der Waals surface area contributed by atoms with Crippen LogP contribution in [-0.4, -0.2) is 18.5 Å². The fourth-order valence-electron chi connectivity index (χ4n) is 2.56. The van der Waals surface area contributed by atoms with Gasteiger partial charge in [0.15, 0.2) is 6.61 Å². The Morgan fingerprint density at radius 2 is 1.59 bits per heavy atom. The molecular formula is C23H18N2O4. The number of ether oxygens (including phenoxy) is 2. The molecule has 6 nitrogen and oxygen atoms in total. The predicted molar refractivity (Wildman–Crippen MR) is 107 cm³/mol. The molecule has 3 rings (SSSR count). The Balaban J connectivity index is 1.56. The van der Waals surface area contributed by atoms with Crippen LogP contribution >= 0.6 is 0 Å². The van der Waals surface area contributed by atoms with E-state index in [0.29, 0.717) is 28.1 Å². The van der Waals surface area contributed by atoms with Gasteiger partial charge in [-0.25, -0.2) is 4.79 Å². The molecule has 0 aromatic heterocycles. The number of carbonyl (C=O) groups is 2. The third kappa shape index (κ3) is 5.68. The van der Waals surface area contributed by atoms with Crippen LogP contribution in [0.3, 0.4) is 0 Å². The summed E-state index contributed by atoms with van der Waals surface area (Å²) in [5.41, 5.74) is 2.01. The van der Waals surface area contributed by atoms with Gasteiger partial charge < -0.3 is 14.8 Å². The molecule has 0 fully saturated rings. The highest BCUT2D eigenvalue weighted by molar-refractivity contribution is 5.96. The third-order valence-corrected chi connectivity index (χ3v) is 4.01. The Labute approximate surface area is 168 Å². The molecule has 0 bridgehead atoms. The summed E-state index contributed by atoms with van der Waals surface area (Å²) in [7, 11) is 0. The fourth-order valence-corrected chi connectivity index (χ4v) is 2.56. The number of nitriles is 1. The maximum atomic E-state index is 12.4. The van der Waals surface area contributed by atoms with Gasteiger partial charge in [0.25, 0.3) is 5.91 Å². The van der Waals surface area contributed by atoms with Crippen LogP contribution in [0.25, 0.3) is 0 Å². The van der Waals surface area contributed by atoms with Gasteiger partial charge in [-0.3, -0.25) is 4.79 Å². The molecule has 0 aliphatic carbocycles. The van der Waals surface area contributed by atoms with E-state index in [1.807, 2.05) is 36.4 Å². The van der Waals surface area contributed by atoms with Crippen LogP contribution in [0.1, 0.15) is 21.5 Å². The number of rotatable bonds is 7. The zero-order valence-electron chi connectivity index (χ0n) is 15.5. The van der Waals surface area contributed by atoms with Crippen LogP contribution in [0.5, 0.6) is 5.75 Å². The zero-order valence-corrected chi connectivity index (χ0v) is 15.5. The number of para-hydroxylation sites is 1. The van der Waals surface area contributed by atoms with E-state index in [9.17, 15) is 9.59 Å². The van der Waals surface area contributed by atoms with Crippen molar-refractivity contribution in [1.29, 1.82) is 5.26 Å². The molecule has 0 saturated carbocycles. The van der Waals surface area contributed by atoms with E-state index in [-0.39, 0.29) is 6.61 Å². The molecule has 0 atom stereocenters. The van der Waals surface area contributed by atoms with E-state index >= 15 is 0 Å². The number of anilines is 1. The second kappa shape index (κ2) is 9.72. The largest absolute Gasteiger partial charge is 0.489 e. The second-order valence-electron chi connectivity index (χ2n) is 6.07. The first kappa shape index (κ1) is 19.6. The first-order valence-corrected chi connectivity index (χ1v) is 8.88. The van der Waals surface area contributed by atoms with Gasteiger partial charge >= 0.3 is 5.97 Å². The van der Waals surface area contributed by atoms with Crippen LogP contribution in [0.4, 0.5) is 5.69 Å². The van der Waals surface area contributed by atoms with Gasteiger partial charge in [-0.1, -0.05) is 36.4 Å². The Kier molecular flexibility index (Phi) is 6.58. The molecule has 1 N–H and O–H groups in total. The number of hydrogen-bond donors (Lipinski definition) is 1. The molecule has 0 saturated heterocycles. The number of carbonyl (C=O) groups excluding carboxylic acids is 2. The first-order chi connectivity index (χ1) is 14.2. The van der Waals surface area contributed by atoms with Crippen LogP contribution in [0.15, 0.2) is 78.9 Å². The van der Waals surface area contributed by atoms with Gasteiger partial charge in [0.2, 0.25) is 0 Å². The molecule has 29 heavy (non-hydrogen) atoms. The molecule has 0 spiro atoms. The van der Waals surface area contributed by atoms with E-state index < -0.39 is 18.5 Å². The van der Waals surface area contributed by atoms with Crippen LogP contribution < -0.4 is 10.1 Å². The van der Waals surface area contributed by atoms with Crippen molar-refractivity contribution >= 4 is 17.6 Å². The lowest BCUT2D eigenvalue weighted by molar-refractivity contribution is -0.119. The maximum absolute atomic E-state index is 12.4. The van der Waals surface area contributed by atoms with Gasteiger partial charge in [0.1, 0.15) is 12.4 Å². The summed E-state index contributed by atoms with van der Waals surface area (Å²) in [4.78, 5) is 24.4. The number of benzene rings is 3. The Bertz CT molecular complexity index is 1020. The molecule has 0 aliphatic heterocycles. The zero-order chi connectivity index (χ0) is 20.5. The first-order valence-electron chi connectivity index (χ1n) is 8.88. The smallest absolute Gasteiger partial charge is 0.339 e. The molecule has 0 unspecified atom stereocenters. The second-order valence-corrected chi connectivity index (χ2v) is 6.07. The highest BCUT2D eigenvalue weighted by atomic mass is 16.5. The van der Waals surface area contributed by atoms with Crippen molar-refractivity contribution in [2.75, 3.05) is 11.9 Å². The lowest BCUT2D eigenvalue weighted by Crippen LogP contribution is -2.21. The van der Waals surface area contributed by atoms with E-state index in [4.69, 9.17) is 14.7 Å². The highest BCUT2D eigenvalue weighted by Crippen LogP contribution is 2.16. The molecule has 144 valence electrons. The van der Waals surface area contributed by atoms with Gasteiger partial charge in [-0.15, -0.1) is 0 Å². The predicted octanol–water partition coefficient (Wildman–Crippen LogP) is 3.93. The van der Waals surface area contributed by atoms with E-state index in [0.717, 1.165) is 0 Å². The lowest BCUT2D eigenvalue weighted by Gasteiger charge is -2.11. The molecule has 3 aromatic rings. The Morgan fingerprint density at radius 1 is 0.897 bits per heavy atom. The van der Waals surface area contributed by atoms with Crippen LogP contribution in [-0.2, 0) is 16.1 Å². The highest BCUT2D eigenvalue weighted by Gasteiger charge is 2.15. The minimum Gasteiger partial charge on any atom is -0.489 e. The van der Waals surface area contributed by atoms with Crippen molar-refractivity contribution in [3.05, 3.63) is 95.6 Å². The van der Waals surface area contributed by atoms with E-state index in [1.165, 1.54) is 0 Å². The molecular weight excluding hydrogens is 368 g/mol. The average Bonchev–Trinajstić information content (AvgIpc) is 2.77. The normalized spacial score (nSPS) is 9.90. The fraction of sp³-hybridized carbons (Fsp3) is 0.0870. The summed E-state index contributed by atoms with van der Waals surface area (Å²) < 4.78 is 10.8. The van der Waals surface area contributed by atoms with Gasteiger partial charge in [-0.2, -0.15) is 5.26 Å². The van der Waals surface area contributed by atoms with Crippen molar-refractivity contribution in [1.82, 2.24) is 0 Å². The summed E-state index contributed by atoms with van der Waals surface area (Å²) in [5, 5.41) is 11.4. The number of nitrogens with one attached hydrogen (secondary N) is 1. The summed E-state index contributed by atoms with van der Waals surface area (Å²) in [6.45, 7) is -0.223. The summed E-state index contributed by atoms with van der Waals surface area (Å²) in [6, 6.07) is 24.6. The molecule has 3 aromatic carbocycles. The minimum absolute atomic E-state index is 0.201. The molecule has 6 heteroatoms. The van der Waals surface area contributed by atoms with Gasteiger partial charge in [-0.05, 0) is 42.5 Å². The van der Waals surface area contributed by atoms with Crippen molar-refractivity contribution in [3.63, 3.8) is 0 Å². The summed E-state index contributed by atoms with van der Waals surface area (Å²) >= 11 is 0. The van der Waals surface area contributed by atoms with Gasteiger partial charge in [0.05, 0.1) is 17.2 Å². The lowest BCUT2D eigenvalue weighted by atomic mass is 10.1. The van der Waals surface area contributed by atoms with Crippen molar-refractivity contribution in [2.24, 2.45) is 0 Å². The molecule has 0 radical (unpaired) electrons. The maximum Gasteiger partial charge on any atom is 0.339 e. The standard InChI is InChI=1S/C23H18N2O4/c24-14-17-10-12-19(13-11-17)25-22(26)16-29-23(27)21-9-5-4-6-18(21)15-28-20-7-2-1-3-8-20/h1-13H,15-16H2,(H,25,26). The SMILES string of the molecule is N#Cc1ccc(NC(=O)COC(=O)c2ccccc2COc2ccccc2)cc1. The molecule has 1 amide bonds. The number of hydrogen-bond acceptors (Lipinski definition) is 5. The monoisotopic (exact) mass is 386 g/mol. The van der Waals surface area contributed by atoms with Crippen LogP contribution in [0, 0.1) is 11.3 Å². The summed E-state index contributed by atoms with van der Waals surface area (Å²) in [5.74, 6) is -0.384. The van der Waals surface area contributed by atoms with Gasteiger partial charge in [0, 0.05) is 11.3 Å². The molecule has 0 heterocycles. The number of amides is 1. The van der Waals surface area contributed by atoms with Crippen molar-refractivity contribution < 1.29 is 19.1 Å². The topological polar surface area (TPSA) is 88.4 Å². The Morgan fingerprint density at radius 3 is 2.31 bits per heavy atom. The third-order valence-electron chi connectivity index (χ3n) is 4.01. The van der Waals surface area contributed by atoms with Crippen molar-refractivity contribution in [3.8, 4) is 11.8 Å². The summed E-state index contributed by atoms with van der Waals surface area (Å²) in [6.07, 6.45) is 0. The number of nitrogens with zero attached hydrogens (tertiary/aromatic N) is 1. The molecule has 0 aliphatic rings. The average molecular weight is 386 g/mol. The Hall–Kier alpha value is -4.11. The minimum atomic E-state index is -0.604. The van der Waals surface area contributed by atoms with E-state index in [1.54, 1.807) is 48.5 Å². The number of esters is 1. The van der Waals surface area contributed by atoms with Crippen molar-refractivity contribution in [2.45, 2.75) is 6.61 Å². The van der Waals surface area contributed by atoms with Crippen LogP contribution in [0.2, 0.25) is 0 Å². The van der Waals surface area contributed by atoms with E-state index in [2.05, 4.69) is 5.32 Å². The quantitative estimate of drug-likeness (QED) is 0.622.